The minimum atomic E-state index is -4.76. The van der Waals surface area contributed by atoms with Gasteiger partial charge in [0.15, 0.2) is 0 Å². The Morgan fingerprint density at radius 2 is 2.11 bits per heavy atom. The molecule has 3 nitrogen and oxygen atoms in total. The molecule has 0 aliphatic heterocycles. The van der Waals surface area contributed by atoms with E-state index in [-0.39, 0.29) is 22.6 Å². The second kappa shape index (κ2) is 7.00. The van der Waals surface area contributed by atoms with Crippen molar-refractivity contribution in [1.82, 2.24) is 0 Å². The normalized spacial score (nSPS) is 11.2. The molecule has 0 radical (unpaired) electrons. The van der Waals surface area contributed by atoms with Gasteiger partial charge in [0.25, 0.3) is 0 Å². The molecule has 19 heavy (non-hydrogen) atoms. The molecule has 1 amide bonds. The zero-order valence-electron chi connectivity index (χ0n) is 9.56. The predicted molar refractivity (Wildman–Crippen MR) is 69.4 cm³/mol. The van der Waals surface area contributed by atoms with Crippen LogP contribution in [0, 0.1) is 0 Å². The molecule has 0 heterocycles. The monoisotopic (exact) mass is 359 g/mol. The number of hydrogen-bond donors (Lipinski definition) is 1. The van der Waals surface area contributed by atoms with Gasteiger partial charge in [-0.1, -0.05) is 0 Å². The van der Waals surface area contributed by atoms with Crippen molar-refractivity contribution in [1.29, 1.82) is 0 Å². The van der Waals surface area contributed by atoms with E-state index < -0.39 is 6.36 Å². The van der Waals surface area contributed by atoms with E-state index in [0.717, 1.165) is 6.07 Å². The molecule has 1 rings (SSSR count). The van der Waals surface area contributed by atoms with Gasteiger partial charge in [0, 0.05) is 18.0 Å². The summed E-state index contributed by atoms with van der Waals surface area (Å²) >= 11 is 8.39. The van der Waals surface area contributed by atoms with Crippen LogP contribution >= 0.6 is 27.5 Å². The number of hydrogen-bond acceptors (Lipinski definition) is 2. The molecule has 1 N–H and O–H groups in total. The number of alkyl halides is 4. The van der Waals surface area contributed by atoms with Crippen LogP contribution in [0.4, 0.5) is 18.9 Å². The maximum atomic E-state index is 12.0. The third kappa shape index (κ3) is 6.15. The van der Waals surface area contributed by atoms with Gasteiger partial charge in [-0.15, -0.1) is 24.8 Å². The van der Waals surface area contributed by atoms with E-state index in [1.807, 2.05) is 0 Å². The van der Waals surface area contributed by atoms with Crippen LogP contribution in [-0.4, -0.2) is 18.1 Å². The number of halogens is 5. The average Bonchev–Trinajstić information content (AvgIpc) is 2.28. The molecule has 0 saturated carbocycles. The Morgan fingerprint density at radius 1 is 1.42 bits per heavy atom. The summed E-state index contributed by atoms with van der Waals surface area (Å²) in [4.78, 5) is 11.4. The third-order valence-corrected chi connectivity index (χ3v) is 2.87. The van der Waals surface area contributed by atoms with Crippen molar-refractivity contribution in [2.24, 2.45) is 0 Å². The molecule has 1 aromatic rings. The number of benzene rings is 1. The molecule has 0 aliphatic carbocycles. The number of rotatable bonds is 5. The Balaban J connectivity index is 2.69. The van der Waals surface area contributed by atoms with Gasteiger partial charge in [-0.05, 0) is 40.5 Å². The Labute approximate surface area is 121 Å². The highest BCUT2D eigenvalue weighted by atomic mass is 79.9. The topological polar surface area (TPSA) is 38.3 Å². The molecule has 0 bridgehead atoms. The summed E-state index contributed by atoms with van der Waals surface area (Å²) in [6.07, 6.45) is -3.97. The summed E-state index contributed by atoms with van der Waals surface area (Å²) in [5, 5.41) is 2.54. The van der Waals surface area contributed by atoms with E-state index in [2.05, 4.69) is 26.0 Å². The third-order valence-electron chi connectivity index (χ3n) is 1.98. The fourth-order valence-electron chi connectivity index (χ4n) is 1.24. The summed E-state index contributed by atoms with van der Waals surface area (Å²) in [5.41, 5.74) is 0.376. The largest absolute Gasteiger partial charge is 0.573 e. The highest BCUT2D eigenvalue weighted by Gasteiger charge is 2.31. The van der Waals surface area contributed by atoms with Gasteiger partial charge in [0.05, 0.1) is 4.47 Å². The Bertz CT molecular complexity index is 454. The lowest BCUT2D eigenvalue weighted by atomic mass is 10.2. The minimum absolute atomic E-state index is 0.0972. The highest BCUT2D eigenvalue weighted by Crippen LogP contribution is 2.32. The highest BCUT2D eigenvalue weighted by molar-refractivity contribution is 9.10. The fourth-order valence-corrected chi connectivity index (χ4v) is 1.83. The quantitative estimate of drug-likeness (QED) is 0.795. The average molecular weight is 361 g/mol. The van der Waals surface area contributed by atoms with Crippen molar-refractivity contribution in [2.45, 2.75) is 19.2 Å². The SMILES string of the molecule is O=C(CCCCl)Nc1ccc(OC(F)(F)F)c(Br)c1. The lowest BCUT2D eigenvalue weighted by molar-refractivity contribution is -0.274. The summed E-state index contributed by atoms with van der Waals surface area (Å²) < 4.78 is 40.0. The van der Waals surface area contributed by atoms with Crippen LogP contribution in [0.15, 0.2) is 22.7 Å². The van der Waals surface area contributed by atoms with Gasteiger partial charge < -0.3 is 10.1 Å². The van der Waals surface area contributed by atoms with E-state index in [1.54, 1.807) is 0 Å². The first-order valence-corrected chi connectivity index (χ1v) is 6.55. The molecule has 0 spiro atoms. The van der Waals surface area contributed by atoms with Crippen molar-refractivity contribution >= 4 is 39.1 Å². The summed E-state index contributed by atoms with van der Waals surface area (Å²) in [7, 11) is 0. The van der Waals surface area contributed by atoms with Crippen LogP contribution < -0.4 is 10.1 Å². The van der Waals surface area contributed by atoms with Crippen LogP contribution in [-0.2, 0) is 4.79 Å². The minimum Gasteiger partial charge on any atom is -0.405 e. The molecule has 0 saturated heterocycles. The molecular weight excluding hydrogens is 350 g/mol. The van der Waals surface area contributed by atoms with Gasteiger partial charge in [-0.3, -0.25) is 4.79 Å². The summed E-state index contributed by atoms with van der Waals surface area (Å²) in [5.74, 6) is -0.251. The van der Waals surface area contributed by atoms with E-state index in [0.29, 0.717) is 18.0 Å². The van der Waals surface area contributed by atoms with Gasteiger partial charge in [-0.2, -0.15) is 0 Å². The second-order valence-corrected chi connectivity index (χ2v) is 4.77. The van der Waals surface area contributed by atoms with Gasteiger partial charge >= 0.3 is 6.36 Å². The standard InChI is InChI=1S/C11H10BrClF3NO2/c12-8-6-7(17-10(18)2-1-5-13)3-4-9(8)19-11(14,15)16/h3-4,6H,1-2,5H2,(H,17,18). The number of carbonyl (C=O) groups is 1. The maximum absolute atomic E-state index is 12.0. The summed E-state index contributed by atoms with van der Waals surface area (Å²) in [6.45, 7) is 0. The van der Waals surface area contributed by atoms with Crippen LogP contribution in [0.5, 0.6) is 5.75 Å². The fraction of sp³-hybridized carbons (Fsp3) is 0.364. The van der Waals surface area contributed by atoms with E-state index in [4.69, 9.17) is 11.6 Å². The number of amides is 1. The van der Waals surface area contributed by atoms with Crippen LogP contribution in [0.3, 0.4) is 0 Å². The van der Waals surface area contributed by atoms with Gasteiger partial charge in [0.2, 0.25) is 5.91 Å². The molecule has 0 unspecified atom stereocenters. The predicted octanol–water partition coefficient (Wildman–Crippen LogP) is 4.31. The van der Waals surface area contributed by atoms with Crippen molar-refractivity contribution in [3.63, 3.8) is 0 Å². The molecule has 106 valence electrons. The number of ether oxygens (including phenoxy) is 1. The second-order valence-electron chi connectivity index (χ2n) is 3.53. The molecule has 0 aromatic heterocycles. The first-order valence-electron chi connectivity index (χ1n) is 5.23. The number of anilines is 1. The zero-order valence-corrected chi connectivity index (χ0v) is 11.9. The van der Waals surface area contributed by atoms with Crippen LogP contribution in [0.1, 0.15) is 12.8 Å². The van der Waals surface area contributed by atoms with Gasteiger partial charge in [-0.25, -0.2) is 0 Å². The molecular formula is C11H10BrClF3NO2. The number of nitrogens with one attached hydrogen (secondary N) is 1. The Kier molecular flexibility index (Phi) is 5.93. The molecule has 8 heteroatoms. The molecule has 0 atom stereocenters. The Morgan fingerprint density at radius 3 is 2.63 bits per heavy atom. The summed E-state index contributed by atoms with van der Waals surface area (Å²) in [6, 6.07) is 3.78. The molecule has 0 aliphatic rings. The smallest absolute Gasteiger partial charge is 0.405 e. The first kappa shape index (κ1) is 16.1. The lowest BCUT2D eigenvalue weighted by Gasteiger charge is -2.12. The van der Waals surface area contributed by atoms with Crippen molar-refractivity contribution in [3.05, 3.63) is 22.7 Å². The van der Waals surface area contributed by atoms with E-state index in [1.165, 1.54) is 12.1 Å². The van der Waals surface area contributed by atoms with Crippen LogP contribution in [0.2, 0.25) is 0 Å². The number of carbonyl (C=O) groups excluding carboxylic acids is 1. The van der Waals surface area contributed by atoms with E-state index in [9.17, 15) is 18.0 Å². The van der Waals surface area contributed by atoms with E-state index >= 15 is 0 Å². The maximum Gasteiger partial charge on any atom is 0.573 e. The van der Waals surface area contributed by atoms with Crippen LogP contribution in [0.25, 0.3) is 0 Å². The molecule has 1 aromatic carbocycles. The zero-order chi connectivity index (χ0) is 14.5. The Hall–Kier alpha value is -0.950. The van der Waals surface area contributed by atoms with Crippen molar-refractivity contribution in [2.75, 3.05) is 11.2 Å². The molecule has 0 fully saturated rings. The van der Waals surface area contributed by atoms with Crippen molar-refractivity contribution < 1.29 is 22.7 Å². The first-order chi connectivity index (χ1) is 8.81. The van der Waals surface area contributed by atoms with Gasteiger partial charge in [0.1, 0.15) is 5.75 Å². The lowest BCUT2D eigenvalue weighted by Crippen LogP contribution is -2.17. The van der Waals surface area contributed by atoms with Crippen molar-refractivity contribution in [3.8, 4) is 5.75 Å².